The second-order valence-electron chi connectivity index (χ2n) is 7.21. The number of para-hydroxylation sites is 1. The molecule has 4 rings (SSSR count). The molecule has 3 aromatic rings. The van der Waals surface area contributed by atoms with Crippen LogP contribution in [-0.4, -0.2) is 26.1 Å². The zero-order chi connectivity index (χ0) is 24.9. The third kappa shape index (κ3) is 5.86. The molecule has 1 heterocycles. The van der Waals surface area contributed by atoms with Crippen LogP contribution in [-0.2, 0) is 11.4 Å². The molecule has 1 aliphatic rings. The molecule has 0 unspecified atom stereocenters. The van der Waals surface area contributed by atoms with E-state index in [4.69, 9.17) is 28.6 Å². The highest BCUT2D eigenvalue weighted by Crippen LogP contribution is 2.33. The molecule has 3 aromatic carbocycles. The highest BCUT2D eigenvalue weighted by atomic mass is 35.5. The molecule has 11 heteroatoms. The normalized spacial score (nSPS) is 14.3. The Labute approximate surface area is 214 Å². The van der Waals surface area contributed by atoms with E-state index in [0.29, 0.717) is 26.8 Å². The van der Waals surface area contributed by atoms with Crippen LogP contribution in [0.5, 0.6) is 5.75 Å². The lowest BCUT2D eigenvalue weighted by Gasteiger charge is -2.15. The van der Waals surface area contributed by atoms with Gasteiger partial charge >= 0.3 is 0 Å². The summed E-state index contributed by atoms with van der Waals surface area (Å²) in [6.45, 7) is 0.182. The van der Waals surface area contributed by atoms with Crippen LogP contribution in [0.4, 0.5) is 5.69 Å². The first kappa shape index (κ1) is 24.4. The van der Waals surface area contributed by atoms with Crippen LogP contribution < -0.4 is 10.2 Å². The molecule has 176 valence electrons. The van der Waals surface area contributed by atoms with Crippen molar-refractivity contribution in [3.05, 3.63) is 110 Å². The number of amides is 2. The number of thiocarbonyl (C=S) groups is 1. The lowest BCUT2D eigenvalue weighted by molar-refractivity contribution is -0.384. The number of hydrogen-bond acceptors (Lipinski definition) is 7. The monoisotopic (exact) mass is 525 g/mol. The molecule has 0 bridgehead atoms. The quantitative estimate of drug-likeness (QED) is 0.191. The van der Waals surface area contributed by atoms with Crippen LogP contribution in [0.3, 0.4) is 0 Å². The van der Waals surface area contributed by atoms with E-state index in [9.17, 15) is 19.7 Å². The summed E-state index contributed by atoms with van der Waals surface area (Å²) in [7, 11) is 0. The topological polar surface area (TPSA) is 102 Å². The fourth-order valence-electron chi connectivity index (χ4n) is 3.08. The smallest absolute Gasteiger partial charge is 0.285 e. The van der Waals surface area contributed by atoms with E-state index in [1.807, 2.05) is 0 Å². The molecule has 0 aliphatic carbocycles. The Bertz CT molecular complexity index is 1340. The fraction of sp³-hybridized carbons (Fsp3) is 0.0417. The fourth-order valence-corrected chi connectivity index (χ4v) is 4.38. The number of halogens is 1. The Morgan fingerprint density at radius 1 is 1.11 bits per heavy atom. The number of nitro benzene ring substituents is 1. The SMILES string of the molecule is O=C(NN1C(=O)/C(=C/c2ccccc2OCc2ccc([N+](=O)[O-])cc2)SC1=S)c1ccc(Cl)cc1. The molecule has 1 N–H and O–H groups in total. The first-order valence-electron chi connectivity index (χ1n) is 10.1. The number of ether oxygens (including phenoxy) is 1. The van der Waals surface area contributed by atoms with Gasteiger partial charge < -0.3 is 4.74 Å². The Balaban J connectivity index is 1.47. The van der Waals surface area contributed by atoms with Crippen LogP contribution in [0.2, 0.25) is 5.02 Å². The molecule has 0 spiro atoms. The van der Waals surface area contributed by atoms with Gasteiger partial charge in [-0.2, -0.15) is 5.01 Å². The lowest BCUT2D eigenvalue weighted by atomic mass is 10.1. The third-order valence-electron chi connectivity index (χ3n) is 4.86. The summed E-state index contributed by atoms with van der Waals surface area (Å²) in [5, 5.41) is 12.3. The molecule has 1 saturated heterocycles. The minimum atomic E-state index is -0.494. The number of carbonyl (C=O) groups is 2. The summed E-state index contributed by atoms with van der Waals surface area (Å²) >= 11 is 12.2. The summed E-state index contributed by atoms with van der Waals surface area (Å²) in [5.41, 5.74) is 4.24. The molecule has 1 fully saturated rings. The van der Waals surface area contributed by atoms with Crippen molar-refractivity contribution >= 4 is 63.5 Å². The second-order valence-corrected chi connectivity index (χ2v) is 9.33. The van der Waals surface area contributed by atoms with E-state index < -0.39 is 16.7 Å². The number of rotatable bonds is 7. The average molecular weight is 526 g/mol. The van der Waals surface area contributed by atoms with E-state index in [2.05, 4.69) is 5.43 Å². The molecule has 1 aliphatic heterocycles. The molecule has 0 radical (unpaired) electrons. The zero-order valence-electron chi connectivity index (χ0n) is 17.8. The number of nitrogens with one attached hydrogen (secondary N) is 1. The van der Waals surface area contributed by atoms with Crippen molar-refractivity contribution in [2.45, 2.75) is 6.61 Å². The maximum absolute atomic E-state index is 12.9. The Hall–Kier alpha value is -3.73. The van der Waals surface area contributed by atoms with Gasteiger partial charge in [0.25, 0.3) is 17.5 Å². The molecule has 8 nitrogen and oxygen atoms in total. The van der Waals surface area contributed by atoms with Crippen molar-refractivity contribution < 1.29 is 19.2 Å². The van der Waals surface area contributed by atoms with Crippen LogP contribution in [0.1, 0.15) is 21.5 Å². The summed E-state index contributed by atoms with van der Waals surface area (Å²) in [6.07, 6.45) is 1.64. The van der Waals surface area contributed by atoms with Gasteiger partial charge in [-0.1, -0.05) is 41.6 Å². The highest BCUT2D eigenvalue weighted by molar-refractivity contribution is 8.26. The van der Waals surface area contributed by atoms with Crippen molar-refractivity contribution in [3.63, 3.8) is 0 Å². The van der Waals surface area contributed by atoms with Gasteiger partial charge in [0.1, 0.15) is 12.4 Å². The van der Waals surface area contributed by atoms with Gasteiger partial charge in [0.15, 0.2) is 4.32 Å². The van der Waals surface area contributed by atoms with E-state index in [-0.39, 0.29) is 16.6 Å². The van der Waals surface area contributed by atoms with Crippen LogP contribution in [0.25, 0.3) is 6.08 Å². The van der Waals surface area contributed by atoms with Gasteiger partial charge in [0.2, 0.25) is 0 Å². The van der Waals surface area contributed by atoms with E-state index in [1.165, 1.54) is 12.1 Å². The number of nitro groups is 1. The average Bonchev–Trinajstić information content (AvgIpc) is 3.11. The summed E-state index contributed by atoms with van der Waals surface area (Å²) in [6, 6.07) is 19.4. The number of thioether (sulfide) groups is 1. The minimum absolute atomic E-state index is 0.000620. The van der Waals surface area contributed by atoms with Crippen molar-refractivity contribution in [2.24, 2.45) is 0 Å². The first-order valence-corrected chi connectivity index (χ1v) is 11.7. The molecular weight excluding hydrogens is 510 g/mol. The Morgan fingerprint density at radius 3 is 2.49 bits per heavy atom. The van der Waals surface area contributed by atoms with Crippen molar-refractivity contribution in [1.29, 1.82) is 0 Å². The van der Waals surface area contributed by atoms with E-state index >= 15 is 0 Å². The van der Waals surface area contributed by atoms with Crippen molar-refractivity contribution in [1.82, 2.24) is 10.4 Å². The van der Waals surface area contributed by atoms with Gasteiger partial charge in [-0.25, -0.2) is 0 Å². The number of hydrogen-bond donors (Lipinski definition) is 1. The highest BCUT2D eigenvalue weighted by Gasteiger charge is 2.34. The van der Waals surface area contributed by atoms with Crippen molar-refractivity contribution in [3.8, 4) is 5.75 Å². The molecule has 0 saturated carbocycles. The Morgan fingerprint density at radius 2 is 1.80 bits per heavy atom. The summed E-state index contributed by atoms with van der Waals surface area (Å²) in [4.78, 5) is 36.1. The molecule has 35 heavy (non-hydrogen) atoms. The van der Waals surface area contributed by atoms with Gasteiger partial charge in [-0.15, -0.1) is 0 Å². The third-order valence-corrected chi connectivity index (χ3v) is 6.41. The predicted octanol–water partition coefficient (Wildman–Crippen LogP) is 5.37. The van der Waals surface area contributed by atoms with Crippen LogP contribution in [0, 0.1) is 10.1 Å². The maximum Gasteiger partial charge on any atom is 0.285 e. The molecule has 0 atom stereocenters. The standard InChI is InChI=1S/C24H16ClN3O5S2/c25-18-9-7-16(8-10-18)22(29)26-27-23(30)21(35-24(27)34)13-17-3-1-2-4-20(17)33-14-15-5-11-19(12-6-15)28(31)32/h1-13H,14H2,(H,26,29)/b21-13-. The summed E-state index contributed by atoms with van der Waals surface area (Å²) in [5.74, 6) is -0.445. The number of carbonyl (C=O) groups excluding carboxylic acids is 2. The predicted molar refractivity (Wildman–Crippen MR) is 138 cm³/mol. The van der Waals surface area contributed by atoms with Gasteiger partial charge in [0.05, 0.1) is 9.83 Å². The van der Waals surface area contributed by atoms with E-state index in [0.717, 1.165) is 22.3 Å². The number of hydrazine groups is 1. The first-order chi connectivity index (χ1) is 16.8. The van der Waals surface area contributed by atoms with Crippen LogP contribution in [0.15, 0.2) is 77.7 Å². The van der Waals surface area contributed by atoms with Gasteiger partial charge in [-0.3, -0.25) is 25.1 Å². The number of non-ortho nitro benzene ring substituents is 1. The largest absolute Gasteiger partial charge is 0.488 e. The molecule has 0 aromatic heterocycles. The Kier molecular flexibility index (Phi) is 7.45. The number of nitrogens with zero attached hydrogens (tertiary/aromatic N) is 2. The number of benzene rings is 3. The maximum atomic E-state index is 12.9. The summed E-state index contributed by atoms with van der Waals surface area (Å²) < 4.78 is 6.08. The molecule has 2 amide bonds. The van der Waals surface area contributed by atoms with Crippen LogP contribution >= 0.6 is 35.6 Å². The van der Waals surface area contributed by atoms with Gasteiger partial charge in [-0.05, 0) is 66.3 Å². The zero-order valence-corrected chi connectivity index (χ0v) is 20.2. The van der Waals surface area contributed by atoms with E-state index in [1.54, 1.807) is 66.7 Å². The molecular formula is C24H16ClN3O5S2. The minimum Gasteiger partial charge on any atom is -0.488 e. The van der Waals surface area contributed by atoms with Crippen molar-refractivity contribution in [2.75, 3.05) is 0 Å². The van der Waals surface area contributed by atoms with Gasteiger partial charge in [0, 0.05) is 28.3 Å². The lowest BCUT2D eigenvalue weighted by Crippen LogP contribution is -2.44. The second kappa shape index (κ2) is 10.7.